The zero-order valence-corrected chi connectivity index (χ0v) is 42.3. The lowest BCUT2D eigenvalue weighted by Crippen LogP contribution is -2.63. The summed E-state index contributed by atoms with van der Waals surface area (Å²) in [6.07, 6.45) is 6.08. The van der Waals surface area contributed by atoms with E-state index in [1.807, 2.05) is 0 Å². The van der Waals surface area contributed by atoms with Crippen LogP contribution in [0.2, 0.25) is 0 Å². The molecule has 1 aromatic rings. The predicted octanol–water partition coefficient (Wildman–Crippen LogP) is 6.34. The van der Waals surface area contributed by atoms with Gasteiger partial charge in [-0.2, -0.15) is 0 Å². The van der Waals surface area contributed by atoms with Crippen molar-refractivity contribution in [2.75, 3.05) is 34.0 Å². The maximum Gasteiger partial charge on any atom is 0.338 e. The van der Waals surface area contributed by atoms with Gasteiger partial charge in [0.2, 0.25) is 0 Å². The summed E-state index contributed by atoms with van der Waals surface area (Å²) in [7, 11) is 2.65. The lowest BCUT2D eigenvalue weighted by atomic mass is 9.46. The monoisotopic (exact) mass is 987 g/mol. The van der Waals surface area contributed by atoms with Gasteiger partial charge in [-0.1, -0.05) is 90.2 Å². The second kappa shape index (κ2) is 23.8. The molecule has 16 nitrogen and oxygen atoms in total. The van der Waals surface area contributed by atoms with Gasteiger partial charge < -0.3 is 63.4 Å². The van der Waals surface area contributed by atoms with E-state index in [1.165, 1.54) is 63.3 Å². The number of aliphatic hydroxyl groups is 5. The molecule has 6 aliphatic rings. The van der Waals surface area contributed by atoms with Gasteiger partial charge in [0.05, 0.1) is 57.7 Å². The summed E-state index contributed by atoms with van der Waals surface area (Å²) < 4.78 is 47.3. The number of benzene rings is 1. The SMILES string of the molecule is CCCCCCCCCCCCOC(=O)[C@@H](C)[C@@]1(O)[C@@H](O[C@@H]2OC[C@H](O)[C@H](O[C@@H]3OC[C@@H](O)[C@H](O)[C@H]3OC(=O)c3ccc(OC)cc3)[C@H]2C(=O)OC)CC2C3CC=C4C[C@@H](O)CC[C@]4(C)C3CC[C@@]21C. The van der Waals surface area contributed by atoms with E-state index in [1.54, 1.807) is 19.1 Å². The molecular formula is C54H82O16. The van der Waals surface area contributed by atoms with E-state index in [9.17, 15) is 39.9 Å². The van der Waals surface area contributed by atoms with Crippen LogP contribution in [0.5, 0.6) is 5.75 Å². The fourth-order valence-corrected chi connectivity index (χ4v) is 13.4. The summed E-state index contributed by atoms with van der Waals surface area (Å²) in [6, 6.07) is 6.04. The Morgan fingerprint density at radius 1 is 0.800 bits per heavy atom. The number of fused-ring (bicyclic) bond motifs is 5. The summed E-state index contributed by atoms with van der Waals surface area (Å²) in [6.45, 7) is 7.68. The molecule has 2 heterocycles. The van der Waals surface area contributed by atoms with Gasteiger partial charge in [-0.25, -0.2) is 4.79 Å². The Bertz CT molecular complexity index is 1930. The van der Waals surface area contributed by atoms with E-state index in [4.69, 9.17) is 37.9 Å². The van der Waals surface area contributed by atoms with Gasteiger partial charge in [0.25, 0.3) is 0 Å². The van der Waals surface area contributed by atoms with Crippen LogP contribution in [0.3, 0.4) is 0 Å². The molecule has 7 rings (SSSR count). The van der Waals surface area contributed by atoms with Crippen LogP contribution < -0.4 is 4.74 Å². The number of methoxy groups -OCH3 is 2. The molecule has 5 N–H and O–H groups in total. The Morgan fingerprint density at radius 3 is 2.13 bits per heavy atom. The van der Waals surface area contributed by atoms with Crippen molar-refractivity contribution in [1.82, 2.24) is 0 Å². The largest absolute Gasteiger partial charge is 0.497 e. The number of allylic oxidation sites excluding steroid dienone is 1. The van der Waals surface area contributed by atoms with Crippen LogP contribution in [0, 0.1) is 40.4 Å². The molecule has 2 saturated heterocycles. The first-order chi connectivity index (χ1) is 33.5. The summed E-state index contributed by atoms with van der Waals surface area (Å²) in [4.78, 5) is 41.6. The number of rotatable bonds is 21. The van der Waals surface area contributed by atoms with Crippen LogP contribution in [0.4, 0.5) is 0 Å². The van der Waals surface area contributed by atoms with Crippen LogP contribution in [0.15, 0.2) is 35.9 Å². The second-order valence-electron chi connectivity index (χ2n) is 21.6. The minimum Gasteiger partial charge on any atom is -0.497 e. The Labute approximate surface area is 414 Å². The third kappa shape index (κ3) is 11.2. The third-order valence-corrected chi connectivity index (χ3v) is 17.6. The molecule has 0 spiro atoms. The Kier molecular flexibility index (Phi) is 18.5. The molecule has 0 aromatic heterocycles. The molecular weight excluding hydrogens is 905 g/mol. The van der Waals surface area contributed by atoms with Gasteiger partial charge in [-0.15, -0.1) is 0 Å². The summed E-state index contributed by atoms with van der Waals surface area (Å²) >= 11 is 0. The van der Waals surface area contributed by atoms with Crippen molar-refractivity contribution in [2.24, 2.45) is 40.4 Å². The van der Waals surface area contributed by atoms with Gasteiger partial charge in [0.15, 0.2) is 18.7 Å². The Hall–Kier alpha value is -3.19. The summed E-state index contributed by atoms with van der Waals surface area (Å²) in [5.74, 6) is -4.08. The van der Waals surface area contributed by atoms with E-state index in [2.05, 4.69) is 26.8 Å². The topological polar surface area (TPSA) is 226 Å². The van der Waals surface area contributed by atoms with Crippen LogP contribution in [0.1, 0.15) is 147 Å². The van der Waals surface area contributed by atoms with E-state index in [0.717, 1.165) is 52.1 Å². The van der Waals surface area contributed by atoms with Crippen molar-refractivity contribution in [1.29, 1.82) is 0 Å². The zero-order chi connectivity index (χ0) is 50.4. The minimum absolute atomic E-state index is 0.108. The maximum atomic E-state index is 14.3. The summed E-state index contributed by atoms with van der Waals surface area (Å²) in [5.41, 5.74) is -1.37. The van der Waals surface area contributed by atoms with E-state index in [-0.39, 0.29) is 41.4 Å². The van der Waals surface area contributed by atoms with Crippen molar-refractivity contribution in [3.05, 3.63) is 41.5 Å². The fourth-order valence-electron chi connectivity index (χ4n) is 13.4. The average molecular weight is 987 g/mol. The molecule has 3 unspecified atom stereocenters. The van der Waals surface area contributed by atoms with Gasteiger partial charge >= 0.3 is 17.9 Å². The van der Waals surface area contributed by atoms with Crippen molar-refractivity contribution < 1.29 is 77.8 Å². The Balaban J connectivity index is 1.12. The van der Waals surface area contributed by atoms with Crippen LogP contribution in [0.25, 0.3) is 0 Å². The minimum atomic E-state index is -1.81. The highest BCUT2D eigenvalue weighted by molar-refractivity contribution is 5.89. The number of ether oxygens (including phenoxy) is 8. The zero-order valence-electron chi connectivity index (χ0n) is 42.3. The molecule has 70 heavy (non-hydrogen) atoms. The highest BCUT2D eigenvalue weighted by atomic mass is 16.7. The molecule has 1 aromatic carbocycles. The number of hydrogen-bond acceptors (Lipinski definition) is 16. The van der Waals surface area contributed by atoms with Crippen LogP contribution in [-0.2, 0) is 42.7 Å². The number of carbonyl (C=O) groups excluding carboxylic acids is 3. The molecule has 0 bridgehead atoms. The maximum absolute atomic E-state index is 14.3. The van der Waals surface area contributed by atoms with Gasteiger partial charge in [-0.05, 0) is 106 Å². The van der Waals surface area contributed by atoms with Gasteiger partial charge in [-0.3, -0.25) is 9.59 Å². The molecule has 17 atom stereocenters. The van der Waals surface area contributed by atoms with E-state index < -0.39 is 103 Å². The quantitative estimate of drug-likeness (QED) is 0.0392. The van der Waals surface area contributed by atoms with E-state index in [0.29, 0.717) is 31.4 Å². The number of hydrogen-bond donors (Lipinski definition) is 5. The standard InChI is InChI=1S/C54H82O16/c1-7-8-9-10-11-12-13-14-15-16-27-65-47(59)32(2)54(62)42(29-39-37-22-19-34-28-35(55)23-25-52(34,3)38(37)24-26-53(39,54)4)68-50-43(49(61)64-6)45(41(57)31-66-50)70-51-46(44(58)40(56)30-67-51)69-48(60)33-17-20-36(63-5)21-18-33/h17-21,32,35,37-46,50-51,55-58,62H,7-16,22-31H2,1-6H3/t32-,35+,37?,38?,39?,40-,41+,42+,43+,44+,45+,46-,50+,51+,52+,53+,54-/m1/s1. The predicted molar refractivity (Wildman–Crippen MR) is 255 cm³/mol. The van der Waals surface area contributed by atoms with Crippen LogP contribution >= 0.6 is 0 Å². The first kappa shape index (κ1) is 54.6. The number of carbonyl (C=O) groups is 3. The summed E-state index contributed by atoms with van der Waals surface area (Å²) in [5, 5.41) is 57.5. The van der Waals surface area contributed by atoms with Crippen molar-refractivity contribution in [3.63, 3.8) is 0 Å². The number of esters is 3. The number of unbranched alkanes of at least 4 members (excludes halogenated alkanes) is 9. The molecule has 2 aliphatic heterocycles. The molecule has 0 amide bonds. The molecule has 0 radical (unpaired) electrons. The molecule has 5 fully saturated rings. The third-order valence-electron chi connectivity index (χ3n) is 17.6. The van der Waals surface area contributed by atoms with Crippen molar-refractivity contribution >= 4 is 17.9 Å². The average Bonchev–Trinajstić information content (AvgIpc) is 3.59. The molecule has 3 saturated carbocycles. The number of aliphatic hydroxyl groups excluding tert-OH is 4. The highest BCUT2D eigenvalue weighted by Crippen LogP contribution is 2.69. The second-order valence-corrected chi connectivity index (χ2v) is 21.6. The normalized spacial score (nSPS) is 38.6. The van der Waals surface area contributed by atoms with E-state index >= 15 is 0 Å². The van der Waals surface area contributed by atoms with Crippen molar-refractivity contribution in [3.8, 4) is 5.75 Å². The first-order valence-corrected chi connectivity index (χ1v) is 26.3. The highest BCUT2D eigenvalue weighted by Gasteiger charge is 2.71. The first-order valence-electron chi connectivity index (χ1n) is 26.3. The lowest BCUT2D eigenvalue weighted by molar-refractivity contribution is -0.333. The Morgan fingerprint density at radius 2 is 1.46 bits per heavy atom. The van der Waals surface area contributed by atoms with Gasteiger partial charge in [0, 0.05) is 5.41 Å². The molecule has 394 valence electrons. The molecule has 4 aliphatic carbocycles. The molecule has 16 heteroatoms. The van der Waals surface area contributed by atoms with Gasteiger partial charge in [0.1, 0.15) is 41.7 Å². The fraction of sp³-hybridized carbons (Fsp3) is 0.796. The van der Waals surface area contributed by atoms with Crippen molar-refractivity contribution in [2.45, 2.75) is 198 Å². The van der Waals surface area contributed by atoms with Crippen LogP contribution in [-0.4, -0.2) is 138 Å². The lowest BCUT2D eigenvalue weighted by Gasteiger charge is -2.59. The smallest absolute Gasteiger partial charge is 0.338 e.